The molecule has 0 fully saturated rings. The maximum absolute atomic E-state index is 12.0. The summed E-state index contributed by atoms with van der Waals surface area (Å²) in [6.07, 6.45) is 0.288. The van der Waals surface area contributed by atoms with E-state index in [1.54, 1.807) is 6.92 Å². The van der Waals surface area contributed by atoms with Crippen molar-refractivity contribution in [2.24, 2.45) is 0 Å². The zero-order chi connectivity index (χ0) is 15.8. The third-order valence-electron chi connectivity index (χ3n) is 3.37. The molecule has 2 aromatic rings. The number of rotatable bonds is 8. The van der Waals surface area contributed by atoms with Crippen LogP contribution in [0.15, 0.2) is 42.5 Å². The number of fused-ring (bicyclic) bond motifs is 1. The molecule has 1 N–H and O–H groups in total. The van der Waals surface area contributed by atoms with Gasteiger partial charge in [0.2, 0.25) is 0 Å². The van der Waals surface area contributed by atoms with E-state index in [0.29, 0.717) is 25.5 Å². The summed E-state index contributed by atoms with van der Waals surface area (Å²) in [4.78, 5) is 12.0. The zero-order valence-electron chi connectivity index (χ0n) is 13.2. The number of ether oxygens (including phenoxy) is 2. The monoisotopic (exact) mass is 301 g/mol. The Morgan fingerprint density at radius 1 is 1.18 bits per heavy atom. The summed E-state index contributed by atoms with van der Waals surface area (Å²) in [6.45, 7) is 5.68. The van der Waals surface area contributed by atoms with Gasteiger partial charge in [-0.05, 0) is 43.2 Å². The number of carbonyl (C=O) groups excluding carboxylic acids is 1. The van der Waals surface area contributed by atoms with Crippen molar-refractivity contribution in [1.29, 1.82) is 0 Å². The molecule has 4 heteroatoms. The van der Waals surface area contributed by atoms with Gasteiger partial charge in [0.05, 0.1) is 0 Å². The highest BCUT2D eigenvalue weighted by atomic mass is 16.5. The van der Waals surface area contributed by atoms with E-state index in [4.69, 9.17) is 9.47 Å². The lowest BCUT2D eigenvalue weighted by molar-refractivity contribution is -0.127. The molecule has 0 aliphatic carbocycles. The molecule has 1 atom stereocenters. The van der Waals surface area contributed by atoms with E-state index in [1.165, 1.54) is 0 Å². The van der Waals surface area contributed by atoms with Crippen LogP contribution in [-0.2, 0) is 9.53 Å². The Kier molecular flexibility index (Phi) is 6.22. The van der Waals surface area contributed by atoms with Crippen LogP contribution in [0.5, 0.6) is 5.75 Å². The van der Waals surface area contributed by atoms with Crippen molar-refractivity contribution in [3.8, 4) is 5.75 Å². The normalized spacial score (nSPS) is 12.1. The van der Waals surface area contributed by atoms with Gasteiger partial charge in [0, 0.05) is 19.8 Å². The highest BCUT2D eigenvalue weighted by Gasteiger charge is 2.14. The fourth-order valence-corrected chi connectivity index (χ4v) is 2.17. The molecule has 0 aliphatic heterocycles. The summed E-state index contributed by atoms with van der Waals surface area (Å²) in [5.74, 6) is 0.598. The second kappa shape index (κ2) is 8.39. The Labute approximate surface area is 131 Å². The quantitative estimate of drug-likeness (QED) is 0.762. The molecule has 2 rings (SSSR count). The van der Waals surface area contributed by atoms with Crippen molar-refractivity contribution < 1.29 is 14.3 Å². The van der Waals surface area contributed by atoms with Crippen molar-refractivity contribution in [2.45, 2.75) is 26.4 Å². The fourth-order valence-electron chi connectivity index (χ4n) is 2.17. The van der Waals surface area contributed by atoms with E-state index in [2.05, 4.69) is 5.32 Å². The first-order valence-electron chi connectivity index (χ1n) is 7.71. The average molecular weight is 301 g/mol. The Morgan fingerprint density at radius 2 is 1.95 bits per heavy atom. The van der Waals surface area contributed by atoms with Gasteiger partial charge in [-0.2, -0.15) is 0 Å². The molecule has 0 aromatic heterocycles. The molecule has 0 aliphatic rings. The third kappa shape index (κ3) is 4.74. The van der Waals surface area contributed by atoms with E-state index in [1.807, 2.05) is 49.4 Å². The largest absolute Gasteiger partial charge is 0.481 e. The number of carbonyl (C=O) groups is 1. The molecule has 0 heterocycles. The molecule has 2 aromatic carbocycles. The standard InChI is InChI=1S/C18H23NO3/c1-3-21-12-6-11-19-18(20)14(2)22-17-10-9-15-7-4-5-8-16(15)13-17/h4-5,7-10,13-14H,3,6,11-12H2,1-2H3,(H,19,20)/t14-/m0/s1. The van der Waals surface area contributed by atoms with Crippen LogP contribution >= 0.6 is 0 Å². The van der Waals surface area contributed by atoms with Gasteiger partial charge in [0.15, 0.2) is 6.10 Å². The molecule has 0 unspecified atom stereocenters. The minimum absolute atomic E-state index is 0.107. The molecule has 0 bridgehead atoms. The molecular weight excluding hydrogens is 278 g/mol. The number of nitrogens with one attached hydrogen (secondary N) is 1. The molecule has 1 amide bonds. The van der Waals surface area contributed by atoms with Crippen LogP contribution in [0.1, 0.15) is 20.3 Å². The molecule has 0 radical (unpaired) electrons. The third-order valence-corrected chi connectivity index (χ3v) is 3.37. The van der Waals surface area contributed by atoms with Crippen LogP contribution in [0.4, 0.5) is 0 Å². The predicted molar refractivity (Wildman–Crippen MR) is 88.2 cm³/mol. The highest BCUT2D eigenvalue weighted by Crippen LogP contribution is 2.21. The van der Waals surface area contributed by atoms with E-state index in [0.717, 1.165) is 17.2 Å². The Balaban J connectivity index is 1.84. The summed E-state index contributed by atoms with van der Waals surface area (Å²) < 4.78 is 10.9. The number of benzene rings is 2. The molecule has 0 saturated heterocycles. The molecule has 0 spiro atoms. The van der Waals surface area contributed by atoms with E-state index < -0.39 is 6.10 Å². The van der Waals surface area contributed by atoms with E-state index in [-0.39, 0.29) is 5.91 Å². The van der Waals surface area contributed by atoms with Crippen LogP contribution in [0.25, 0.3) is 10.8 Å². The fraction of sp³-hybridized carbons (Fsp3) is 0.389. The number of hydrogen-bond donors (Lipinski definition) is 1. The molecule has 0 saturated carbocycles. The first-order chi connectivity index (χ1) is 10.7. The van der Waals surface area contributed by atoms with Crippen molar-refractivity contribution in [2.75, 3.05) is 19.8 Å². The Hall–Kier alpha value is -2.07. The van der Waals surface area contributed by atoms with E-state index >= 15 is 0 Å². The van der Waals surface area contributed by atoms with Crippen LogP contribution in [0.3, 0.4) is 0 Å². The molecular formula is C18H23NO3. The SMILES string of the molecule is CCOCCCNC(=O)[C@H](C)Oc1ccc2ccccc2c1. The van der Waals surface area contributed by atoms with Crippen molar-refractivity contribution in [3.05, 3.63) is 42.5 Å². The lowest BCUT2D eigenvalue weighted by Gasteiger charge is -2.15. The smallest absolute Gasteiger partial charge is 0.260 e. The first kappa shape index (κ1) is 16.3. The molecule has 4 nitrogen and oxygen atoms in total. The van der Waals surface area contributed by atoms with Gasteiger partial charge in [-0.25, -0.2) is 0 Å². The van der Waals surface area contributed by atoms with Crippen LogP contribution < -0.4 is 10.1 Å². The van der Waals surface area contributed by atoms with Crippen molar-refractivity contribution in [3.63, 3.8) is 0 Å². The number of hydrogen-bond acceptors (Lipinski definition) is 3. The van der Waals surface area contributed by atoms with Gasteiger partial charge < -0.3 is 14.8 Å². The second-order valence-corrected chi connectivity index (χ2v) is 5.11. The highest BCUT2D eigenvalue weighted by molar-refractivity contribution is 5.84. The van der Waals surface area contributed by atoms with Crippen molar-refractivity contribution >= 4 is 16.7 Å². The maximum atomic E-state index is 12.0. The first-order valence-corrected chi connectivity index (χ1v) is 7.71. The van der Waals surface area contributed by atoms with Crippen LogP contribution in [0.2, 0.25) is 0 Å². The van der Waals surface area contributed by atoms with Crippen molar-refractivity contribution in [1.82, 2.24) is 5.32 Å². The van der Waals surface area contributed by atoms with Gasteiger partial charge in [-0.15, -0.1) is 0 Å². The zero-order valence-corrected chi connectivity index (χ0v) is 13.2. The second-order valence-electron chi connectivity index (χ2n) is 5.11. The van der Waals surface area contributed by atoms with Gasteiger partial charge >= 0.3 is 0 Å². The molecule has 22 heavy (non-hydrogen) atoms. The summed E-state index contributed by atoms with van der Waals surface area (Å²) in [7, 11) is 0. The minimum atomic E-state index is -0.520. The van der Waals surface area contributed by atoms with Gasteiger partial charge in [0.1, 0.15) is 5.75 Å². The topological polar surface area (TPSA) is 47.6 Å². The van der Waals surface area contributed by atoms with Gasteiger partial charge in [-0.1, -0.05) is 30.3 Å². The predicted octanol–water partition coefficient (Wildman–Crippen LogP) is 3.15. The summed E-state index contributed by atoms with van der Waals surface area (Å²) in [5.41, 5.74) is 0. The lowest BCUT2D eigenvalue weighted by Crippen LogP contribution is -2.37. The summed E-state index contributed by atoms with van der Waals surface area (Å²) >= 11 is 0. The lowest BCUT2D eigenvalue weighted by atomic mass is 10.1. The van der Waals surface area contributed by atoms with Crippen LogP contribution in [0, 0.1) is 0 Å². The summed E-state index contributed by atoms with van der Waals surface area (Å²) in [6, 6.07) is 13.9. The van der Waals surface area contributed by atoms with Gasteiger partial charge in [0.25, 0.3) is 5.91 Å². The molecule has 118 valence electrons. The van der Waals surface area contributed by atoms with Gasteiger partial charge in [-0.3, -0.25) is 4.79 Å². The summed E-state index contributed by atoms with van der Waals surface area (Å²) in [5, 5.41) is 5.11. The minimum Gasteiger partial charge on any atom is -0.481 e. The Bertz CT molecular complexity index is 612. The Morgan fingerprint density at radius 3 is 2.73 bits per heavy atom. The van der Waals surface area contributed by atoms with Crippen LogP contribution in [-0.4, -0.2) is 31.8 Å². The average Bonchev–Trinajstić information content (AvgIpc) is 2.54. The van der Waals surface area contributed by atoms with E-state index in [9.17, 15) is 4.79 Å². The number of amides is 1. The maximum Gasteiger partial charge on any atom is 0.260 e.